The van der Waals surface area contributed by atoms with Crippen LogP contribution in [0.2, 0.25) is 0 Å². The Bertz CT molecular complexity index is 1030. The Morgan fingerprint density at radius 2 is 1.58 bits per heavy atom. The van der Waals surface area contributed by atoms with Gasteiger partial charge in [0.15, 0.2) is 0 Å². The zero-order valence-electron chi connectivity index (χ0n) is 14.3. The maximum atomic E-state index is 5.37. The third kappa shape index (κ3) is 3.04. The second-order valence-corrected chi connectivity index (χ2v) is 6.60. The second-order valence-electron chi connectivity index (χ2n) is 5.55. The molecule has 0 bridgehead atoms. The summed E-state index contributed by atoms with van der Waals surface area (Å²) in [5.41, 5.74) is 3.05. The Morgan fingerprint density at radius 1 is 0.885 bits per heavy atom. The molecule has 0 amide bonds. The molecule has 0 radical (unpaired) electrons. The molecule has 2 aromatic carbocycles. The molecule has 0 aliphatic rings. The lowest BCUT2D eigenvalue weighted by atomic mass is 10.1. The smallest absolute Gasteiger partial charge is 0.206 e. The first-order valence-electron chi connectivity index (χ1n) is 7.95. The molecular formula is C19H16N4O2S. The number of ether oxygens (including phenoxy) is 2. The molecule has 0 fully saturated rings. The molecule has 130 valence electrons. The summed E-state index contributed by atoms with van der Waals surface area (Å²) in [4.78, 5) is 2.16. The molecule has 0 aliphatic carbocycles. The normalized spacial score (nSPS) is 10.7. The highest BCUT2D eigenvalue weighted by Gasteiger charge is 2.17. The van der Waals surface area contributed by atoms with Crippen LogP contribution in [0.15, 0.2) is 54.6 Å². The van der Waals surface area contributed by atoms with E-state index in [1.54, 1.807) is 25.6 Å². The van der Waals surface area contributed by atoms with Crippen molar-refractivity contribution in [2.75, 3.05) is 14.2 Å². The average Bonchev–Trinajstić information content (AvgIpc) is 3.37. The first-order chi connectivity index (χ1) is 12.8. The SMILES string of the molecule is COc1cccc(-c2cc(-c3nn[nH]n3)c(-c3cccc(OC)c3)s2)c1. The second kappa shape index (κ2) is 6.97. The Kier molecular flexibility index (Phi) is 4.37. The van der Waals surface area contributed by atoms with E-state index in [4.69, 9.17) is 9.47 Å². The van der Waals surface area contributed by atoms with Gasteiger partial charge in [0.25, 0.3) is 0 Å². The van der Waals surface area contributed by atoms with Crippen molar-refractivity contribution in [1.82, 2.24) is 20.6 Å². The molecular weight excluding hydrogens is 348 g/mol. The minimum atomic E-state index is 0.563. The van der Waals surface area contributed by atoms with Crippen LogP contribution in [-0.2, 0) is 0 Å². The minimum Gasteiger partial charge on any atom is -0.497 e. The Labute approximate surface area is 154 Å². The van der Waals surface area contributed by atoms with Crippen molar-refractivity contribution in [3.63, 3.8) is 0 Å². The Balaban J connectivity index is 1.88. The minimum absolute atomic E-state index is 0.563. The number of H-pyrrole nitrogens is 1. The number of aromatic nitrogens is 4. The predicted octanol–water partition coefficient (Wildman–Crippen LogP) is 4.28. The average molecular weight is 364 g/mol. The van der Waals surface area contributed by atoms with Crippen LogP contribution in [0.3, 0.4) is 0 Å². The number of benzene rings is 2. The van der Waals surface area contributed by atoms with E-state index in [9.17, 15) is 0 Å². The van der Waals surface area contributed by atoms with E-state index in [1.807, 2.05) is 42.5 Å². The zero-order chi connectivity index (χ0) is 17.9. The maximum Gasteiger partial charge on any atom is 0.206 e. The van der Waals surface area contributed by atoms with Crippen molar-refractivity contribution in [3.05, 3.63) is 54.6 Å². The summed E-state index contributed by atoms with van der Waals surface area (Å²) in [6.07, 6.45) is 0. The topological polar surface area (TPSA) is 72.9 Å². The van der Waals surface area contributed by atoms with Gasteiger partial charge in [0.05, 0.1) is 14.2 Å². The number of hydrogen-bond acceptors (Lipinski definition) is 6. The monoisotopic (exact) mass is 364 g/mol. The number of methoxy groups -OCH3 is 2. The van der Waals surface area contributed by atoms with Crippen molar-refractivity contribution in [2.24, 2.45) is 0 Å². The van der Waals surface area contributed by atoms with Crippen LogP contribution < -0.4 is 9.47 Å². The molecule has 0 spiro atoms. The van der Waals surface area contributed by atoms with Crippen LogP contribution in [-0.4, -0.2) is 34.8 Å². The first kappa shape index (κ1) is 16.3. The van der Waals surface area contributed by atoms with Gasteiger partial charge < -0.3 is 9.47 Å². The van der Waals surface area contributed by atoms with Crippen molar-refractivity contribution in [3.8, 4) is 43.8 Å². The number of nitrogens with zero attached hydrogens (tertiary/aromatic N) is 3. The molecule has 26 heavy (non-hydrogen) atoms. The molecule has 4 aromatic rings. The largest absolute Gasteiger partial charge is 0.497 e. The number of nitrogens with one attached hydrogen (secondary N) is 1. The van der Waals surface area contributed by atoms with Gasteiger partial charge in [-0.3, -0.25) is 0 Å². The summed E-state index contributed by atoms with van der Waals surface area (Å²) in [6.45, 7) is 0. The van der Waals surface area contributed by atoms with Gasteiger partial charge in [-0.05, 0) is 46.7 Å². The Morgan fingerprint density at radius 3 is 2.23 bits per heavy atom. The third-order valence-electron chi connectivity index (χ3n) is 4.00. The lowest BCUT2D eigenvalue weighted by Crippen LogP contribution is -1.85. The third-order valence-corrected chi connectivity index (χ3v) is 5.24. The summed E-state index contributed by atoms with van der Waals surface area (Å²) < 4.78 is 10.7. The first-order valence-corrected chi connectivity index (χ1v) is 8.76. The molecule has 2 aromatic heterocycles. The lowest BCUT2D eigenvalue weighted by molar-refractivity contribution is 0.415. The van der Waals surface area contributed by atoms with Crippen LogP contribution in [0.4, 0.5) is 0 Å². The number of hydrogen-bond donors (Lipinski definition) is 1. The lowest BCUT2D eigenvalue weighted by Gasteiger charge is -2.04. The standard InChI is InChI=1S/C19H16N4O2S/c1-24-14-7-3-5-12(9-14)17-11-16(19-20-22-23-21-19)18(26-17)13-6-4-8-15(10-13)25-2/h3-11H,1-2H3,(H,20,21,22,23). The molecule has 0 saturated heterocycles. The van der Waals surface area contributed by atoms with E-state index in [-0.39, 0.29) is 0 Å². The maximum absolute atomic E-state index is 5.37. The number of rotatable bonds is 5. The van der Waals surface area contributed by atoms with Gasteiger partial charge in [0, 0.05) is 15.3 Å². The van der Waals surface area contributed by atoms with Crippen LogP contribution in [0, 0.1) is 0 Å². The molecule has 0 atom stereocenters. The summed E-state index contributed by atoms with van der Waals surface area (Å²) in [5, 5.41) is 14.5. The molecule has 6 nitrogen and oxygen atoms in total. The number of tetrazole rings is 1. The van der Waals surface area contributed by atoms with Gasteiger partial charge in [0.1, 0.15) is 11.5 Å². The summed E-state index contributed by atoms with van der Waals surface area (Å²) in [7, 11) is 3.33. The van der Waals surface area contributed by atoms with Crippen molar-refractivity contribution in [2.45, 2.75) is 0 Å². The molecule has 2 heterocycles. The number of aromatic amines is 1. The summed E-state index contributed by atoms with van der Waals surface area (Å²) in [5.74, 6) is 2.19. The quantitative estimate of drug-likeness (QED) is 0.572. The van der Waals surface area contributed by atoms with Crippen LogP contribution in [0.1, 0.15) is 0 Å². The Hall–Kier alpha value is -3.19. The van der Waals surface area contributed by atoms with E-state index in [2.05, 4.69) is 32.8 Å². The molecule has 0 saturated carbocycles. The fourth-order valence-electron chi connectivity index (χ4n) is 2.73. The van der Waals surface area contributed by atoms with Crippen molar-refractivity contribution < 1.29 is 9.47 Å². The van der Waals surface area contributed by atoms with Crippen LogP contribution in [0.5, 0.6) is 11.5 Å². The fraction of sp³-hybridized carbons (Fsp3) is 0.105. The molecule has 0 aliphatic heterocycles. The van der Waals surface area contributed by atoms with E-state index in [1.165, 1.54) is 0 Å². The van der Waals surface area contributed by atoms with Gasteiger partial charge in [-0.1, -0.05) is 24.3 Å². The summed E-state index contributed by atoms with van der Waals surface area (Å²) in [6, 6.07) is 18.0. The highest BCUT2D eigenvalue weighted by Crippen LogP contribution is 2.43. The summed E-state index contributed by atoms with van der Waals surface area (Å²) >= 11 is 1.67. The van der Waals surface area contributed by atoms with Gasteiger partial charge in [-0.15, -0.1) is 21.5 Å². The number of thiophene rings is 1. The van der Waals surface area contributed by atoms with Gasteiger partial charge >= 0.3 is 0 Å². The van der Waals surface area contributed by atoms with E-state index >= 15 is 0 Å². The molecule has 7 heteroatoms. The molecule has 4 rings (SSSR count). The molecule has 1 N–H and O–H groups in total. The van der Waals surface area contributed by atoms with Crippen molar-refractivity contribution in [1.29, 1.82) is 0 Å². The molecule has 0 unspecified atom stereocenters. The fourth-order valence-corrected chi connectivity index (χ4v) is 3.88. The van der Waals surface area contributed by atoms with Crippen LogP contribution >= 0.6 is 11.3 Å². The van der Waals surface area contributed by atoms with Crippen LogP contribution in [0.25, 0.3) is 32.3 Å². The predicted molar refractivity (Wildman–Crippen MR) is 101 cm³/mol. The highest BCUT2D eigenvalue weighted by molar-refractivity contribution is 7.19. The van der Waals surface area contributed by atoms with Crippen molar-refractivity contribution >= 4 is 11.3 Å². The van der Waals surface area contributed by atoms with Gasteiger partial charge in [-0.25, -0.2) is 0 Å². The van der Waals surface area contributed by atoms with Gasteiger partial charge in [0.2, 0.25) is 5.82 Å². The van der Waals surface area contributed by atoms with Gasteiger partial charge in [-0.2, -0.15) is 5.21 Å². The van der Waals surface area contributed by atoms with E-state index in [0.29, 0.717) is 5.82 Å². The highest BCUT2D eigenvalue weighted by atomic mass is 32.1. The zero-order valence-corrected chi connectivity index (χ0v) is 15.1. The van der Waals surface area contributed by atoms with E-state index in [0.717, 1.165) is 37.9 Å². The van der Waals surface area contributed by atoms with E-state index < -0.39 is 0 Å².